The number of Topliss-reactive ketones (excluding diaryl/α,β-unsaturated/α-hetero) is 1. The van der Waals surface area contributed by atoms with Crippen LogP contribution in [0.5, 0.6) is 0 Å². The van der Waals surface area contributed by atoms with E-state index in [9.17, 15) is 14.4 Å². The van der Waals surface area contributed by atoms with E-state index >= 15 is 0 Å². The number of carbonyl (C=O) groups excluding carboxylic acids is 3. The molecular weight excluding hydrogens is 546 g/mol. The highest BCUT2D eigenvalue weighted by Gasteiger charge is 2.33. The van der Waals surface area contributed by atoms with Gasteiger partial charge in [0.15, 0.2) is 5.78 Å². The first-order valence-corrected chi connectivity index (χ1v) is 13.8. The number of carbonyl (C=O) groups is 3. The van der Waals surface area contributed by atoms with E-state index in [0.717, 1.165) is 24.4 Å². The van der Waals surface area contributed by atoms with Crippen LogP contribution in [-0.4, -0.2) is 41.2 Å². The zero-order valence-electron chi connectivity index (χ0n) is 22.4. The third-order valence-corrected chi connectivity index (χ3v) is 7.53. The smallest absolute Gasteiger partial charge is 0.252 e. The lowest BCUT2D eigenvalue weighted by Crippen LogP contribution is -2.48. The number of hydrogen-bond donors (Lipinski definition) is 3. The first-order valence-electron chi connectivity index (χ1n) is 13.0. The molecule has 9 heteroatoms. The molecular formula is C29H36BrN5O3. The van der Waals surface area contributed by atoms with Crippen LogP contribution in [0.1, 0.15) is 84.5 Å². The molecule has 1 aromatic carbocycles. The van der Waals surface area contributed by atoms with Crippen molar-refractivity contribution in [2.24, 2.45) is 17.1 Å². The first-order chi connectivity index (χ1) is 17.8. The summed E-state index contributed by atoms with van der Waals surface area (Å²) >= 11 is 3.44. The van der Waals surface area contributed by atoms with Crippen LogP contribution >= 0.6 is 15.9 Å². The van der Waals surface area contributed by atoms with E-state index in [1.54, 1.807) is 18.3 Å². The van der Waals surface area contributed by atoms with E-state index in [1.807, 2.05) is 12.1 Å². The van der Waals surface area contributed by atoms with Gasteiger partial charge in [-0.25, -0.2) is 4.98 Å². The average Bonchev–Trinajstić information content (AvgIpc) is 3.67. The summed E-state index contributed by atoms with van der Waals surface area (Å²) in [7, 11) is 0. The number of halogens is 1. The number of nitrogens with one attached hydrogen (secondary N) is 2. The van der Waals surface area contributed by atoms with Crippen molar-refractivity contribution in [1.82, 2.24) is 10.3 Å². The number of amides is 2. The number of pyridine rings is 1. The summed E-state index contributed by atoms with van der Waals surface area (Å²) in [4.78, 5) is 44.3. The lowest BCUT2D eigenvalue weighted by Gasteiger charge is -2.40. The Bertz CT molecular complexity index is 1260. The second-order valence-electron chi connectivity index (χ2n) is 11.6. The molecule has 0 spiro atoms. The first kappa shape index (κ1) is 27.8. The van der Waals surface area contributed by atoms with E-state index in [-0.39, 0.29) is 35.1 Å². The van der Waals surface area contributed by atoms with E-state index in [4.69, 9.17) is 5.73 Å². The number of benzene rings is 1. The van der Waals surface area contributed by atoms with E-state index in [1.165, 1.54) is 0 Å². The molecule has 38 heavy (non-hydrogen) atoms. The van der Waals surface area contributed by atoms with Gasteiger partial charge in [0.25, 0.3) is 11.8 Å². The van der Waals surface area contributed by atoms with Crippen LogP contribution in [0.15, 0.2) is 47.2 Å². The Kier molecular flexibility index (Phi) is 7.97. The second-order valence-corrected chi connectivity index (χ2v) is 12.4. The van der Waals surface area contributed by atoms with Gasteiger partial charge in [0.2, 0.25) is 0 Å². The molecule has 4 N–H and O–H groups in total. The average molecular weight is 583 g/mol. The molecule has 1 aliphatic carbocycles. The Labute approximate surface area is 232 Å². The minimum atomic E-state index is -0.565. The highest BCUT2D eigenvalue weighted by Crippen LogP contribution is 2.34. The van der Waals surface area contributed by atoms with Crippen LogP contribution in [0.4, 0.5) is 11.5 Å². The summed E-state index contributed by atoms with van der Waals surface area (Å²) in [5.74, 6) is 0.271. The lowest BCUT2D eigenvalue weighted by atomic mass is 9.95. The number of anilines is 2. The maximum Gasteiger partial charge on any atom is 0.252 e. The van der Waals surface area contributed by atoms with Crippen LogP contribution in [0.3, 0.4) is 0 Å². The molecule has 1 saturated carbocycles. The van der Waals surface area contributed by atoms with Gasteiger partial charge in [-0.05, 0) is 71.8 Å². The molecule has 0 bridgehead atoms. The lowest BCUT2D eigenvalue weighted by molar-refractivity contribution is 0.0927. The number of hydrogen-bond acceptors (Lipinski definition) is 6. The summed E-state index contributed by atoms with van der Waals surface area (Å²) in [6.07, 6.45) is 4.85. The summed E-state index contributed by atoms with van der Waals surface area (Å²) in [5, 5.41) is 6.40. The van der Waals surface area contributed by atoms with Gasteiger partial charge in [-0.1, -0.05) is 27.4 Å². The predicted octanol–water partition coefficient (Wildman–Crippen LogP) is 5.29. The zero-order valence-corrected chi connectivity index (χ0v) is 24.0. The van der Waals surface area contributed by atoms with Gasteiger partial charge >= 0.3 is 0 Å². The number of rotatable bonds is 8. The molecule has 1 aliphatic heterocycles. The number of primary amides is 1. The van der Waals surface area contributed by atoms with E-state index in [0.29, 0.717) is 46.2 Å². The number of piperidine rings is 1. The number of ketones is 1. The minimum Gasteiger partial charge on any atom is -0.384 e. The highest BCUT2D eigenvalue weighted by atomic mass is 79.9. The number of nitrogens with two attached hydrogens (primary N) is 1. The molecule has 2 aliphatic rings. The zero-order chi connectivity index (χ0) is 27.8. The molecule has 8 nitrogen and oxygen atoms in total. The minimum absolute atomic E-state index is 0.0309. The predicted molar refractivity (Wildman–Crippen MR) is 153 cm³/mol. The molecule has 2 amide bonds. The Morgan fingerprint density at radius 3 is 2.45 bits per heavy atom. The molecule has 2 heterocycles. The Morgan fingerprint density at radius 2 is 1.89 bits per heavy atom. The number of aromatic nitrogens is 1. The number of nitrogens with zero attached hydrogens (tertiary/aromatic N) is 2. The molecule has 2 fully saturated rings. The van der Waals surface area contributed by atoms with Crippen LogP contribution in [0, 0.1) is 11.3 Å². The summed E-state index contributed by atoms with van der Waals surface area (Å²) in [6, 6.07) is 6.91. The molecule has 1 aromatic heterocycles. The largest absolute Gasteiger partial charge is 0.384 e. The molecule has 0 radical (unpaired) electrons. The van der Waals surface area contributed by atoms with Gasteiger partial charge in [0.05, 0.1) is 11.1 Å². The van der Waals surface area contributed by atoms with E-state index < -0.39 is 5.91 Å². The fourth-order valence-electron chi connectivity index (χ4n) is 4.77. The van der Waals surface area contributed by atoms with E-state index in [2.05, 4.69) is 70.7 Å². The molecule has 202 valence electrons. The third-order valence-electron chi connectivity index (χ3n) is 6.88. The summed E-state index contributed by atoms with van der Waals surface area (Å²) in [6.45, 7) is 13.2. The molecule has 4 rings (SSSR count). The Hall–Kier alpha value is -3.20. The summed E-state index contributed by atoms with van der Waals surface area (Å²) in [5.41, 5.74) is 8.34. The highest BCUT2D eigenvalue weighted by molar-refractivity contribution is 9.10. The Morgan fingerprint density at radius 1 is 1.18 bits per heavy atom. The van der Waals surface area contributed by atoms with Crippen molar-refractivity contribution in [3.8, 4) is 0 Å². The monoisotopic (exact) mass is 581 g/mol. The van der Waals surface area contributed by atoms with Gasteiger partial charge in [0, 0.05) is 58.6 Å². The van der Waals surface area contributed by atoms with Crippen molar-refractivity contribution in [2.45, 2.75) is 65.5 Å². The van der Waals surface area contributed by atoms with Gasteiger partial charge in [-0.15, -0.1) is 0 Å². The maximum absolute atomic E-state index is 13.3. The molecule has 2 unspecified atom stereocenters. The fourth-order valence-corrected chi connectivity index (χ4v) is 5.29. The van der Waals surface area contributed by atoms with Crippen LogP contribution in [0.2, 0.25) is 0 Å². The topological polar surface area (TPSA) is 117 Å². The van der Waals surface area contributed by atoms with Crippen molar-refractivity contribution in [3.63, 3.8) is 0 Å². The van der Waals surface area contributed by atoms with Crippen LogP contribution < -0.4 is 21.3 Å². The quantitative estimate of drug-likeness (QED) is 0.364. The third kappa shape index (κ3) is 6.43. The normalized spacial score (nSPS) is 19.7. The van der Waals surface area contributed by atoms with Crippen molar-refractivity contribution in [1.29, 1.82) is 0 Å². The van der Waals surface area contributed by atoms with Gasteiger partial charge in [-0.3, -0.25) is 14.4 Å². The molecule has 2 atom stereocenters. The maximum atomic E-state index is 13.3. The van der Waals surface area contributed by atoms with Gasteiger partial charge < -0.3 is 21.3 Å². The van der Waals surface area contributed by atoms with Gasteiger partial charge in [-0.2, -0.15) is 0 Å². The molecule has 2 aromatic rings. The van der Waals surface area contributed by atoms with Crippen molar-refractivity contribution in [3.05, 3.63) is 63.9 Å². The fraction of sp³-hybridized carbons (Fsp3) is 0.448. The summed E-state index contributed by atoms with van der Waals surface area (Å²) < 4.78 is 0.499. The Balaban J connectivity index is 1.45. The SMILES string of the molecule is C=C1CC(NC(=O)c2cc(NCC(C)(C)C)c(C(N)=O)cc2Br)CC(C)N1c1ccc(C(=O)C2CC2)cn1. The molecule has 1 saturated heterocycles. The standard InChI is InChI=1S/C29H36BrN5O3/c1-16-10-20(11-17(2)35(16)25-9-8-19(14-32-25)26(36)18-6-7-18)34-28(38)21-13-24(33-15-29(3,4)5)22(27(31)37)12-23(21)30/h8-9,12-14,17-18,20,33H,1,6-7,10-11,15H2,2-5H3,(H2,31,37)(H,34,38). The second kappa shape index (κ2) is 10.9. The van der Waals surface area contributed by atoms with Crippen LogP contribution in [-0.2, 0) is 0 Å². The van der Waals surface area contributed by atoms with Crippen LogP contribution in [0.25, 0.3) is 0 Å². The van der Waals surface area contributed by atoms with Gasteiger partial charge in [0.1, 0.15) is 5.82 Å². The van der Waals surface area contributed by atoms with Crippen molar-refractivity contribution in [2.75, 3.05) is 16.8 Å². The van der Waals surface area contributed by atoms with Crippen molar-refractivity contribution < 1.29 is 14.4 Å². The van der Waals surface area contributed by atoms with Crippen molar-refractivity contribution >= 4 is 45.0 Å².